The summed E-state index contributed by atoms with van der Waals surface area (Å²) in [6.07, 6.45) is 8.91. The van der Waals surface area contributed by atoms with E-state index in [1.54, 1.807) is 41.0 Å². The number of thioether (sulfide) groups is 1. The quantitative estimate of drug-likeness (QED) is 0.369. The van der Waals surface area contributed by atoms with Crippen LogP contribution < -0.4 is 0 Å². The molecule has 2 aliphatic rings. The number of nitroso groups, excluding NO2 is 1. The first kappa shape index (κ1) is 21.3. The van der Waals surface area contributed by atoms with Gasteiger partial charge in [0.2, 0.25) is 0 Å². The second-order valence-electron chi connectivity index (χ2n) is 5.97. The van der Waals surface area contributed by atoms with Crippen LogP contribution in [0, 0.1) is 4.91 Å². The highest BCUT2D eigenvalue weighted by atomic mass is 32.2. The highest BCUT2D eigenvalue weighted by molar-refractivity contribution is 7.99. The summed E-state index contributed by atoms with van der Waals surface area (Å²) in [6, 6.07) is -0.0659. The van der Waals surface area contributed by atoms with Crippen LogP contribution in [0.2, 0.25) is 0 Å². The lowest BCUT2D eigenvalue weighted by Crippen LogP contribution is -2.50. The predicted octanol–water partition coefficient (Wildman–Crippen LogP) is 2.10. The summed E-state index contributed by atoms with van der Waals surface area (Å²) in [5.74, 6) is 1.55. The number of carbonyl (C=O) groups excluding carboxylic acids is 1. The molecule has 146 valence electrons. The van der Waals surface area contributed by atoms with Crippen LogP contribution in [0.1, 0.15) is 6.42 Å². The number of allylic oxidation sites excluding steroid dienone is 3. The van der Waals surface area contributed by atoms with Crippen LogP contribution in [0.25, 0.3) is 0 Å². The summed E-state index contributed by atoms with van der Waals surface area (Å²) >= 11 is 1.78. The second kappa shape index (κ2) is 11.6. The standard InChI is InChI=1S/C19H25N3O4S/c1-2-3-5-15(21-25)7-10-26-13-16-14-27-11-9-22(16)19(24)17-6-4-8-20-18(17)12-23/h2-3,5-7,16,23H,1,4,8-14H2/b5-3-,15-7+. The number of dihydropyridines is 1. The molecule has 1 saturated heterocycles. The molecule has 0 aromatic heterocycles. The van der Waals surface area contributed by atoms with Crippen molar-refractivity contribution in [2.75, 3.05) is 44.4 Å². The maximum atomic E-state index is 13.0. The number of carbonyl (C=O) groups is 1. The molecular formula is C19H25N3O4S. The molecule has 1 unspecified atom stereocenters. The van der Waals surface area contributed by atoms with E-state index in [2.05, 4.69) is 16.7 Å². The molecule has 0 bridgehead atoms. The molecule has 1 fully saturated rings. The Kier molecular flexibility index (Phi) is 9.17. The van der Waals surface area contributed by atoms with Gasteiger partial charge in [0.1, 0.15) is 5.70 Å². The van der Waals surface area contributed by atoms with Gasteiger partial charge in [-0.05, 0) is 23.7 Å². The Hall–Kier alpha value is -2.03. The van der Waals surface area contributed by atoms with Gasteiger partial charge in [-0.3, -0.25) is 9.79 Å². The van der Waals surface area contributed by atoms with Gasteiger partial charge in [0.25, 0.3) is 5.91 Å². The fourth-order valence-corrected chi connectivity index (χ4v) is 3.86. The number of aliphatic imine (C=N–C) groups is 1. The average molecular weight is 391 g/mol. The molecule has 0 spiro atoms. The lowest BCUT2D eigenvalue weighted by molar-refractivity contribution is -0.129. The smallest absolute Gasteiger partial charge is 0.255 e. The predicted molar refractivity (Wildman–Crippen MR) is 109 cm³/mol. The SMILES string of the molecule is C=C/C=C\C(=C/COCC1CSCCN1C(=O)C1=CCCN=C1CO)N=O. The minimum Gasteiger partial charge on any atom is -0.390 e. The van der Waals surface area contributed by atoms with E-state index >= 15 is 0 Å². The lowest BCUT2D eigenvalue weighted by Gasteiger charge is -2.36. The van der Waals surface area contributed by atoms with Crippen molar-refractivity contribution in [3.8, 4) is 0 Å². The molecule has 2 heterocycles. The molecule has 1 amide bonds. The molecule has 0 saturated carbocycles. The summed E-state index contributed by atoms with van der Waals surface area (Å²) in [4.78, 5) is 29.7. The molecule has 27 heavy (non-hydrogen) atoms. The minimum atomic E-state index is -0.230. The van der Waals surface area contributed by atoms with Crippen LogP contribution in [0.3, 0.4) is 0 Å². The summed E-state index contributed by atoms with van der Waals surface area (Å²) in [5.41, 5.74) is 1.24. The topological polar surface area (TPSA) is 91.6 Å². The van der Waals surface area contributed by atoms with E-state index in [4.69, 9.17) is 4.74 Å². The van der Waals surface area contributed by atoms with Crippen molar-refractivity contribution in [2.24, 2.45) is 10.2 Å². The average Bonchev–Trinajstić information content (AvgIpc) is 2.73. The molecule has 1 N–H and O–H groups in total. The van der Waals surface area contributed by atoms with Gasteiger partial charge in [-0.2, -0.15) is 11.8 Å². The van der Waals surface area contributed by atoms with E-state index in [0.717, 1.165) is 11.5 Å². The van der Waals surface area contributed by atoms with Gasteiger partial charge < -0.3 is 14.7 Å². The van der Waals surface area contributed by atoms with Crippen molar-refractivity contribution in [3.63, 3.8) is 0 Å². The number of rotatable bonds is 9. The number of hydrogen-bond acceptors (Lipinski definition) is 7. The van der Waals surface area contributed by atoms with E-state index in [0.29, 0.717) is 37.4 Å². The van der Waals surface area contributed by atoms with Crippen LogP contribution in [0.5, 0.6) is 0 Å². The number of nitrogens with zero attached hydrogens (tertiary/aromatic N) is 3. The third kappa shape index (κ3) is 6.27. The second-order valence-corrected chi connectivity index (χ2v) is 7.12. The fraction of sp³-hybridized carbons (Fsp3) is 0.474. The molecule has 0 aromatic carbocycles. The first-order valence-corrected chi connectivity index (χ1v) is 10.0. The Balaban J connectivity index is 1.96. The highest BCUT2D eigenvalue weighted by Crippen LogP contribution is 2.21. The molecule has 0 aromatic rings. The summed E-state index contributed by atoms with van der Waals surface area (Å²) in [5, 5.41) is 12.4. The maximum absolute atomic E-state index is 13.0. The van der Waals surface area contributed by atoms with Crippen molar-refractivity contribution in [1.82, 2.24) is 4.90 Å². The van der Waals surface area contributed by atoms with Crippen molar-refractivity contribution in [3.05, 3.63) is 53.1 Å². The number of hydrogen-bond donors (Lipinski definition) is 1. The van der Waals surface area contributed by atoms with Crippen LogP contribution in [0.15, 0.2) is 58.4 Å². The van der Waals surface area contributed by atoms with Crippen LogP contribution in [-0.4, -0.2) is 72.1 Å². The molecule has 8 heteroatoms. The normalized spacial score (nSPS) is 21.0. The first-order chi connectivity index (χ1) is 13.2. The van der Waals surface area contributed by atoms with E-state index in [1.165, 1.54) is 0 Å². The summed E-state index contributed by atoms with van der Waals surface area (Å²) in [7, 11) is 0. The minimum absolute atomic E-state index is 0.0659. The molecule has 0 aliphatic carbocycles. The molecule has 2 aliphatic heterocycles. The van der Waals surface area contributed by atoms with Crippen molar-refractivity contribution < 1.29 is 14.6 Å². The number of aliphatic hydroxyl groups excluding tert-OH is 1. The molecule has 7 nitrogen and oxygen atoms in total. The maximum Gasteiger partial charge on any atom is 0.255 e. The van der Waals surface area contributed by atoms with E-state index < -0.39 is 0 Å². The Morgan fingerprint density at radius 2 is 2.41 bits per heavy atom. The molecular weight excluding hydrogens is 366 g/mol. The Morgan fingerprint density at radius 1 is 1.56 bits per heavy atom. The number of amides is 1. The summed E-state index contributed by atoms with van der Waals surface area (Å²) < 4.78 is 5.67. The summed E-state index contributed by atoms with van der Waals surface area (Å²) in [6.45, 7) is 5.15. The highest BCUT2D eigenvalue weighted by Gasteiger charge is 2.31. The van der Waals surface area contributed by atoms with Crippen molar-refractivity contribution >= 4 is 23.4 Å². The Bertz CT molecular complexity index is 670. The van der Waals surface area contributed by atoms with Gasteiger partial charge in [-0.15, -0.1) is 4.91 Å². The van der Waals surface area contributed by atoms with Crippen LogP contribution in [0.4, 0.5) is 0 Å². The third-order valence-corrected chi connectivity index (χ3v) is 5.28. The monoisotopic (exact) mass is 391 g/mol. The van der Waals surface area contributed by atoms with Crippen LogP contribution >= 0.6 is 11.8 Å². The molecule has 0 radical (unpaired) electrons. The first-order valence-electron chi connectivity index (χ1n) is 8.85. The third-order valence-electron chi connectivity index (χ3n) is 4.19. The molecule has 1 atom stereocenters. The van der Waals surface area contributed by atoms with Gasteiger partial charge in [-0.25, -0.2) is 0 Å². The van der Waals surface area contributed by atoms with E-state index in [9.17, 15) is 14.8 Å². The van der Waals surface area contributed by atoms with Gasteiger partial charge in [0.05, 0.1) is 37.1 Å². The number of aliphatic hydroxyl groups is 1. The van der Waals surface area contributed by atoms with Crippen molar-refractivity contribution in [1.29, 1.82) is 0 Å². The van der Waals surface area contributed by atoms with Gasteiger partial charge in [0.15, 0.2) is 0 Å². The lowest BCUT2D eigenvalue weighted by atomic mass is 10.0. The zero-order chi connectivity index (χ0) is 19.5. The van der Waals surface area contributed by atoms with E-state index in [-0.39, 0.29) is 30.9 Å². The van der Waals surface area contributed by atoms with Crippen molar-refractivity contribution in [2.45, 2.75) is 12.5 Å². The zero-order valence-corrected chi connectivity index (χ0v) is 16.1. The van der Waals surface area contributed by atoms with Gasteiger partial charge in [-0.1, -0.05) is 24.8 Å². The van der Waals surface area contributed by atoms with Crippen LogP contribution in [-0.2, 0) is 9.53 Å². The fourth-order valence-electron chi connectivity index (χ4n) is 2.82. The van der Waals surface area contributed by atoms with Gasteiger partial charge in [0, 0.05) is 24.6 Å². The largest absolute Gasteiger partial charge is 0.390 e. The van der Waals surface area contributed by atoms with E-state index in [1.807, 2.05) is 6.08 Å². The molecule has 2 rings (SSSR count). The Labute approximate surface area is 163 Å². The zero-order valence-electron chi connectivity index (χ0n) is 15.2. The number of ether oxygens (including phenoxy) is 1. The Morgan fingerprint density at radius 3 is 3.15 bits per heavy atom. The van der Waals surface area contributed by atoms with Gasteiger partial charge >= 0.3 is 0 Å².